The van der Waals surface area contributed by atoms with Crippen LogP contribution < -0.4 is 10.6 Å². The van der Waals surface area contributed by atoms with Crippen molar-refractivity contribution in [1.82, 2.24) is 34.5 Å². The molecule has 218 valence electrons. The maximum atomic E-state index is 6.09. The van der Waals surface area contributed by atoms with Crippen molar-refractivity contribution < 1.29 is 0 Å². The van der Waals surface area contributed by atoms with Gasteiger partial charge < -0.3 is 20.4 Å². The molecule has 4 aliphatic rings. The van der Waals surface area contributed by atoms with Crippen molar-refractivity contribution in [3.63, 3.8) is 0 Å². The van der Waals surface area contributed by atoms with Crippen molar-refractivity contribution in [2.24, 2.45) is 0 Å². The van der Waals surface area contributed by atoms with Crippen LogP contribution in [-0.2, 0) is 11.8 Å². The minimum atomic E-state index is 0.236. The number of nitrogens with two attached hydrogens (primary N) is 1. The van der Waals surface area contributed by atoms with Crippen molar-refractivity contribution in [3.8, 4) is 11.4 Å². The summed E-state index contributed by atoms with van der Waals surface area (Å²) in [5.74, 6) is 2.17. The number of allylic oxidation sites excluding steroid dienone is 2. The Morgan fingerprint density at radius 3 is 2.79 bits per heavy atom. The molecule has 7 rings (SSSR count). The molecular weight excluding hydrogens is 522 g/mol. The average Bonchev–Trinajstić information content (AvgIpc) is 3.72. The lowest BCUT2D eigenvalue weighted by molar-refractivity contribution is 0.141. The third-order valence-corrected chi connectivity index (χ3v) is 9.89. The SMILES string of the molecule is C=C(c1ncnc(N)c1C)N1CCN(C2=C3CCCN3c3nc(-c4ccc5c(c4)CCC5(C)C)nn3C2=C)C(CC)C1. The molecular formula is C33H41N9. The molecule has 1 aromatic carbocycles. The molecule has 0 amide bonds. The number of nitrogen functional groups attached to an aromatic ring is 1. The number of benzene rings is 1. The first-order chi connectivity index (χ1) is 20.2. The van der Waals surface area contributed by atoms with Crippen molar-refractivity contribution in [2.75, 3.05) is 36.8 Å². The van der Waals surface area contributed by atoms with E-state index in [0.717, 1.165) is 91.8 Å². The summed E-state index contributed by atoms with van der Waals surface area (Å²) in [4.78, 5) is 21.0. The Morgan fingerprint density at radius 1 is 1.14 bits per heavy atom. The molecule has 1 aliphatic carbocycles. The summed E-state index contributed by atoms with van der Waals surface area (Å²) in [6.07, 6.45) is 6.94. The standard InChI is InChI=1S/C33H41N9/c1-7-25-18-39(21(3)28-20(2)30(34)36-19-35-28)15-16-40(25)29-22(4)42-32(41-14-8-9-27(29)41)37-31(38-42)24-10-11-26-23(17-24)12-13-33(26,5)6/h10-11,17,19,25H,3-4,7-9,12-16,18H2,1-2,5-6H3,(H2,34,35,36). The van der Waals surface area contributed by atoms with Crippen molar-refractivity contribution >= 4 is 23.2 Å². The van der Waals surface area contributed by atoms with Crippen LogP contribution in [0.25, 0.3) is 22.8 Å². The number of nitrogens with zero attached hydrogens (tertiary/aromatic N) is 8. The fraction of sp³-hybridized carbons (Fsp3) is 0.455. The highest BCUT2D eigenvalue weighted by Crippen LogP contribution is 2.44. The molecule has 0 spiro atoms. The van der Waals surface area contributed by atoms with E-state index in [4.69, 9.17) is 15.8 Å². The van der Waals surface area contributed by atoms with E-state index in [-0.39, 0.29) is 5.41 Å². The van der Waals surface area contributed by atoms with Crippen molar-refractivity contribution in [3.05, 3.63) is 71.5 Å². The van der Waals surface area contributed by atoms with E-state index in [9.17, 15) is 0 Å². The van der Waals surface area contributed by atoms with Gasteiger partial charge in [0, 0.05) is 49.0 Å². The maximum Gasteiger partial charge on any atom is 0.233 e. The molecule has 2 fully saturated rings. The highest BCUT2D eigenvalue weighted by molar-refractivity contribution is 5.75. The Kier molecular flexibility index (Phi) is 6.18. The molecule has 5 heterocycles. The molecule has 42 heavy (non-hydrogen) atoms. The zero-order valence-corrected chi connectivity index (χ0v) is 25.3. The van der Waals surface area contributed by atoms with Gasteiger partial charge in [-0.05, 0) is 61.6 Å². The van der Waals surface area contributed by atoms with Crippen LogP contribution in [0.5, 0.6) is 0 Å². The first-order valence-corrected chi connectivity index (χ1v) is 15.3. The van der Waals surface area contributed by atoms with E-state index >= 15 is 0 Å². The van der Waals surface area contributed by atoms with Crippen LogP contribution >= 0.6 is 0 Å². The molecule has 3 aromatic rings. The fourth-order valence-electron chi connectivity index (χ4n) is 7.35. The number of hydrogen-bond donors (Lipinski definition) is 1. The van der Waals surface area contributed by atoms with Gasteiger partial charge in [-0.1, -0.05) is 46.1 Å². The van der Waals surface area contributed by atoms with E-state index in [0.29, 0.717) is 11.9 Å². The van der Waals surface area contributed by atoms with Gasteiger partial charge in [-0.15, -0.1) is 5.10 Å². The van der Waals surface area contributed by atoms with Crippen LogP contribution in [0.3, 0.4) is 0 Å². The molecule has 2 saturated heterocycles. The summed E-state index contributed by atoms with van der Waals surface area (Å²) < 4.78 is 1.99. The highest BCUT2D eigenvalue weighted by Gasteiger charge is 2.40. The van der Waals surface area contributed by atoms with Gasteiger partial charge in [-0.2, -0.15) is 9.67 Å². The molecule has 0 bridgehead atoms. The zero-order valence-electron chi connectivity index (χ0n) is 25.3. The predicted octanol–water partition coefficient (Wildman–Crippen LogP) is 5.21. The third kappa shape index (κ3) is 4.04. The van der Waals surface area contributed by atoms with Gasteiger partial charge in [0.25, 0.3) is 0 Å². The minimum absolute atomic E-state index is 0.236. The average molecular weight is 564 g/mol. The molecule has 9 nitrogen and oxygen atoms in total. The summed E-state index contributed by atoms with van der Waals surface area (Å²) in [5, 5.41) is 5.07. The molecule has 0 radical (unpaired) electrons. The molecule has 1 unspecified atom stereocenters. The van der Waals surface area contributed by atoms with Gasteiger partial charge in [0.05, 0.1) is 22.8 Å². The molecule has 9 heteroatoms. The Hall–Kier alpha value is -4.14. The molecule has 2 N–H and O–H groups in total. The second-order valence-corrected chi connectivity index (χ2v) is 12.8. The summed E-state index contributed by atoms with van der Waals surface area (Å²) in [6.45, 7) is 21.4. The van der Waals surface area contributed by atoms with Crippen LogP contribution in [0.2, 0.25) is 0 Å². The smallest absolute Gasteiger partial charge is 0.233 e. The van der Waals surface area contributed by atoms with E-state index < -0.39 is 0 Å². The Labute approximate surface area is 248 Å². The van der Waals surface area contributed by atoms with Crippen LogP contribution in [0.15, 0.2) is 49.1 Å². The second-order valence-electron chi connectivity index (χ2n) is 12.8. The van der Waals surface area contributed by atoms with E-state index in [2.05, 4.69) is 76.8 Å². The number of fused-ring (bicyclic) bond motifs is 4. The Bertz CT molecular complexity index is 1640. The second kappa shape index (κ2) is 9.71. The first kappa shape index (κ1) is 26.7. The van der Waals surface area contributed by atoms with Gasteiger partial charge in [0.15, 0.2) is 5.82 Å². The number of hydrogen-bond acceptors (Lipinski definition) is 8. The highest BCUT2D eigenvalue weighted by atomic mass is 15.5. The molecule has 0 saturated carbocycles. The lowest BCUT2D eigenvalue weighted by Crippen LogP contribution is -2.53. The number of rotatable bonds is 5. The summed E-state index contributed by atoms with van der Waals surface area (Å²) in [6, 6.07) is 7.08. The van der Waals surface area contributed by atoms with E-state index in [1.165, 1.54) is 35.3 Å². The van der Waals surface area contributed by atoms with E-state index in [1.807, 2.05) is 11.6 Å². The number of aromatic nitrogens is 5. The van der Waals surface area contributed by atoms with Gasteiger partial charge in [-0.3, -0.25) is 0 Å². The van der Waals surface area contributed by atoms with Gasteiger partial charge in [-0.25, -0.2) is 9.97 Å². The Balaban J connectivity index is 1.18. The monoisotopic (exact) mass is 563 g/mol. The molecule has 3 aliphatic heterocycles. The van der Waals surface area contributed by atoms with Crippen LogP contribution in [-0.4, -0.2) is 66.8 Å². The lowest BCUT2D eigenvalue weighted by Gasteiger charge is -2.47. The number of anilines is 2. The molecule has 1 atom stereocenters. The molecule has 2 aromatic heterocycles. The fourth-order valence-corrected chi connectivity index (χ4v) is 7.35. The topological polar surface area (TPSA) is 92.2 Å². The minimum Gasteiger partial charge on any atom is -0.383 e. The summed E-state index contributed by atoms with van der Waals surface area (Å²) in [7, 11) is 0. The maximum absolute atomic E-state index is 6.09. The Morgan fingerprint density at radius 2 is 1.98 bits per heavy atom. The summed E-state index contributed by atoms with van der Waals surface area (Å²) >= 11 is 0. The number of aryl methyl sites for hydroxylation is 1. The first-order valence-electron chi connectivity index (χ1n) is 15.3. The van der Waals surface area contributed by atoms with Crippen molar-refractivity contribution in [2.45, 2.75) is 71.3 Å². The van der Waals surface area contributed by atoms with Gasteiger partial charge >= 0.3 is 0 Å². The predicted molar refractivity (Wildman–Crippen MR) is 168 cm³/mol. The normalized spacial score (nSPS) is 21.1. The van der Waals surface area contributed by atoms with Gasteiger partial charge in [0.1, 0.15) is 12.1 Å². The van der Waals surface area contributed by atoms with Crippen LogP contribution in [0.1, 0.15) is 68.8 Å². The zero-order chi connectivity index (χ0) is 29.3. The third-order valence-electron chi connectivity index (χ3n) is 9.89. The lowest BCUT2D eigenvalue weighted by atomic mass is 9.86. The largest absolute Gasteiger partial charge is 0.383 e. The number of piperazine rings is 1. The van der Waals surface area contributed by atoms with Crippen molar-refractivity contribution in [1.29, 1.82) is 0 Å². The quantitative estimate of drug-likeness (QED) is 0.452. The van der Waals surface area contributed by atoms with E-state index in [1.54, 1.807) is 0 Å². The summed E-state index contributed by atoms with van der Waals surface area (Å²) in [5.41, 5.74) is 16.4. The van der Waals surface area contributed by atoms with Crippen LogP contribution in [0.4, 0.5) is 11.8 Å². The van der Waals surface area contributed by atoms with Crippen LogP contribution in [0, 0.1) is 6.92 Å². The van der Waals surface area contributed by atoms with Gasteiger partial charge in [0.2, 0.25) is 5.95 Å².